The summed E-state index contributed by atoms with van der Waals surface area (Å²) in [6.07, 6.45) is 0. The van der Waals surface area contributed by atoms with Gasteiger partial charge in [-0.3, -0.25) is 10.1 Å². The van der Waals surface area contributed by atoms with E-state index in [4.69, 9.17) is 18.3 Å². The van der Waals surface area contributed by atoms with Crippen molar-refractivity contribution in [2.75, 3.05) is 19.5 Å². The minimum atomic E-state index is -0.406. The number of nitrogens with zero attached hydrogens (tertiary/aromatic N) is 2. The number of carbonyl (C=O) groups is 1. The molecule has 3 rings (SSSR count). The van der Waals surface area contributed by atoms with Gasteiger partial charge in [0, 0.05) is 5.56 Å². The molecule has 3 aromatic rings. The van der Waals surface area contributed by atoms with Gasteiger partial charge in [-0.05, 0) is 38.1 Å². The van der Waals surface area contributed by atoms with E-state index in [1.165, 1.54) is 14.2 Å². The fourth-order valence-corrected chi connectivity index (χ4v) is 2.37. The van der Waals surface area contributed by atoms with Crippen molar-refractivity contribution in [1.82, 2.24) is 10.2 Å². The molecule has 8 nitrogen and oxygen atoms in total. The van der Waals surface area contributed by atoms with Crippen molar-refractivity contribution in [3.63, 3.8) is 0 Å². The molecule has 1 amide bonds. The molecule has 25 heavy (non-hydrogen) atoms. The maximum Gasteiger partial charge on any atom is 0.322 e. The SMILES string of the molecule is COc1ccc(C(=O)Nc2nnc(-c3cc(C)oc3C)o2)cc1OC. The zero-order chi connectivity index (χ0) is 18.0. The molecule has 8 heteroatoms. The Kier molecular flexibility index (Phi) is 4.42. The van der Waals surface area contributed by atoms with Crippen LogP contribution in [0, 0.1) is 13.8 Å². The van der Waals surface area contributed by atoms with Gasteiger partial charge in [0.2, 0.25) is 0 Å². The van der Waals surface area contributed by atoms with Crippen LogP contribution in [0.2, 0.25) is 0 Å². The van der Waals surface area contributed by atoms with E-state index in [2.05, 4.69) is 15.5 Å². The number of benzene rings is 1. The first-order valence-corrected chi connectivity index (χ1v) is 7.46. The highest BCUT2D eigenvalue weighted by Crippen LogP contribution is 2.29. The minimum Gasteiger partial charge on any atom is -0.493 e. The molecule has 0 unspecified atom stereocenters. The highest BCUT2D eigenvalue weighted by molar-refractivity contribution is 6.03. The summed E-state index contributed by atoms with van der Waals surface area (Å²) in [6.45, 7) is 3.63. The molecule has 0 saturated heterocycles. The highest BCUT2D eigenvalue weighted by atomic mass is 16.5. The molecule has 2 heterocycles. The lowest BCUT2D eigenvalue weighted by molar-refractivity contribution is 0.102. The lowest BCUT2D eigenvalue weighted by atomic mass is 10.2. The first-order chi connectivity index (χ1) is 12.0. The second kappa shape index (κ2) is 6.68. The van der Waals surface area contributed by atoms with Crippen LogP contribution < -0.4 is 14.8 Å². The number of ether oxygens (including phenoxy) is 2. The lowest BCUT2D eigenvalue weighted by Crippen LogP contribution is -2.12. The molecule has 0 saturated carbocycles. The number of aryl methyl sites for hydroxylation is 2. The van der Waals surface area contributed by atoms with Crippen molar-refractivity contribution in [2.24, 2.45) is 0 Å². The third-order valence-corrected chi connectivity index (χ3v) is 3.56. The van der Waals surface area contributed by atoms with Crippen molar-refractivity contribution in [1.29, 1.82) is 0 Å². The molecule has 0 spiro atoms. The van der Waals surface area contributed by atoms with E-state index in [9.17, 15) is 4.79 Å². The molecule has 0 fully saturated rings. The maximum absolute atomic E-state index is 12.3. The zero-order valence-electron chi connectivity index (χ0n) is 14.2. The van der Waals surface area contributed by atoms with Crippen molar-refractivity contribution in [3.05, 3.63) is 41.3 Å². The predicted molar refractivity (Wildman–Crippen MR) is 89.0 cm³/mol. The molecule has 130 valence electrons. The minimum absolute atomic E-state index is 0.00645. The molecule has 1 aromatic carbocycles. The fourth-order valence-electron chi connectivity index (χ4n) is 2.37. The van der Waals surface area contributed by atoms with Crippen LogP contribution in [0.5, 0.6) is 11.5 Å². The van der Waals surface area contributed by atoms with Gasteiger partial charge in [0.15, 0.2) is 11.5 Å². The van der Waals surface area contributed by atoms with E-state index in [0.29, 0.717) is 28.4 Å². The van der Waals surface area contributed by atoms with Gasteiger partial charge in [-0.1, -0.05) is 5.10 Å². The first-order valence-electron chi connectivity index (χ1n) is 7.46. The third-order valence-electron chi connectivity index (χ3n) is 3.56. The fraction of sp³-hybridized carbons (Fsp3) is 0.235. The second-order valence-corrected chi connectivity index (χ2v) is 5.26. The van der Waals surface area contributed by atoms with Crippen LogP contribution in [0.25, 0.3) is 11.5 Å². The molecule has 0 radical (unpaired) electrons. The maximum atomic E-state index is 12.3. The number of rotatable bonds is 5. The monoisotopic (exact) mass is 343 g/mol. The summed E-state index contributed by atoms with van der Waals surface area (Å²) in [6, 6.07) is 6.60. The van der Waals surface area contributed by atoms with Gasteiger partial charge in [0.25, 0.3) is 11.8 Å². The zero-order valence-corrected chi connectivity index (χ0v) is 14.2. The predicted octanol–water partition coefficient (Wildman–Crippen LogP) is 3.22. The summed E-state index contributed by atoms with van der Waals surface area (Å²) in [7, 11) is 3.02. The summed E-state index contributed by atoms with van der Waals surface area (Å²) in [5.41, 5.74) is 1.06. The van der Waals surface area contributed by atoms with Crippen LogP contribution in [0.4, 0.5) is 6.01 Å². The summed E-state index contributed by atoms with van der Waals surface area (Å²) in [5, 5.41) is 10.3. The number of aromatic nitrogens is 2. The first kappa shape index (κ1) is 16.6. The Morgan fingerprint density at radius 2 is 1.80 bits per heavy atom. The Labute approximate surface area is 143 Å². The van der Waals surface area contributed by atoms with Gasteiger partial charge in [0.1, 0.15) is 11.5 Å². The van der Waals surface area contributed by atoms with Gasteiger partial charge in [-0.25, -0.2) is 0 Å². The number of nitrogens with one attached hydrogen (secondary N) is 1. The van der Waals surface area contributed by atoms with E-state index < -0.39 is 5.91 Å². The van der Waals surface area contributed by atoms with Crippen LogP contribution in [0.15, 0.2) is 33.1 Å². The van der Waals surface area contributed by atoms with E-state index in [-0.39, 0.29) is 11.9 Å². The number of carbonyl (C=O) groups excluding carboxylic acids is 1. The molecule has 0 aliphatic carbocycles. The van der Waals surface area contributed by atoms with Crippen LogP contribution in [0.1, 0.15) is 21.9 Å². The Bertz CT molecular complexity index is 913. The van der Waals surface area contributed by atoms with Gasteiger partial charge < -0.3 is 18.3 Å². The number of hydrogen-bond acceptors (Lipinski definition) is 7. The van der Waals surface area contributed by atoms with E-state index in [1.54, 1.807) is 31.2 Å². The molecule has 2 aromatic heterocycles. The highest BCUT2D eigenvalue weighted by Gasteiger charge is 2.17. The molecular weight excluding hydrogens is 326 g/mol. The van der Waals surface area contributed by atoms with E-state index in [1.807, 2.05) is 6.92 Å². The van der Waals surface area contributed by atoms with Crippen LogP contribution >= 0.6 is 0 Å². The van der Waals surface area contributed by atoms with Crippen molar-refractivity contribution in [2.45, 2.75) is 13.8 Å². The van der Waals surface area contributed by atoms with Gasteiger partial charge in [0.05, 0.1) is 19.8 Å². The molecule has 0 atom stereocenters. The second-order valence-electron chi connectivity index (χ2n) is 5.26. The van der Waals surface area contributed by atoms with E-state index >= 15 is 0 Å². The van der Waals surface area contributed by atoms with Crippen molar-refractivity contribution >= 4 is 11.9 Å². The summed E-state index contributed by atoms with van der Waals surface area (Å²) in [5.74, 6) is 2.25. The van der Waals surface area contributed by atoms with Gasteiger partial charge in [-0.15, -0.1) is 5.10 Å². The number of furan rings is 1. The normalized spacial score (nSPS) is 10.6. The molecule has 0 bridgehead atoms. The van der Waals surface area contributed by atoms with Crippen LogP contribution in [-0.4, -0.2) is 30.3 Å². The average Bonchev–Trinajstić information content (AvgIpc) is 3.19. The van der Waals surface area contributed by atoms with Crippen LogP contribution in [0.3, 0.4) is 0 Å². The largest absolute Gasteiger partial charge is 0.493 e. The molecule has 0 aliphatic rings. The Balaban J connectivity index is 1.79. The summed E-state index contributed by atoms with van der Waals surface area (Å²) >= 11 is 0. The standard InChI is InChI=1S/C17H17N3O5/c1-9-7-12(10(2)24-9)16-19-20-17(25-16)18-15(21)11-5-6-13(22-3)14(8-11)23-4/h5-8H,1-4H3,(H,18,20,21). The number of amides is 1. The lowest BCUT2D eigenvalue weighted by Gasteiger charge is -2.08. The Morgan fingerprint density at radius 3 is 2.44 bits per heavy atom. The third kappa shape index (κ3) is 3.32. The number of methoxy groups -OCH3 is 2. The van der Waals surface area contributed by atoms with Gasteiger partial charge in [-0.2, -0.15) is 0 Å². The molecule has 0 aliphatic heterocycles. The van der Waals surface area contributed by atoms with E-state index in [0.717, 1.165) is 5.76 Å². The smallest absolute Gasteiger partial charge is 0.322 e. The van der Waals surface area contributed by atoms with Gasteiger partial charge >= 0.3 is 6.01 Å². The Morgan fingerprint density at radius 1 is 1.04 bits per heavy atom. The number of hydrogen-bond donors (Lipinski definition) is 1. The molecular formula is C17H17N3O5. The summed E-state index contributed by atoms with van der Waals surface area (Å²) in [4.78, 5) is 12.3. The van der Waals surface area contributed by atoms with Crippen molar-refractivity contribution < 1.29 is 23.1 Å². The number of anilines is 1. The Hall–Kier alpha value is -3.29. The quantitative estimate of drug-likeness (QED) is 0.759. The van der Waals surface area contributed by atoms with Crippen molar-refractivity contribution in [3.8, 4) is 23.0 Å². The summed E-state index contributed by atoms with van der Waals surface area (Å²) < 4.78 is 21.3. The topological polar surface area (TPSA) is 99.6 Å². The average molecular weight is 343 g/mol. The molecule has 1 N–H and O–H groups in total. The van der Waals surface area contributed by atoms with Crippen LogP contribution in [-0.2, 0) is 0 Å².